The second-order valence-electron chi connectivity index (χ2n) is 3.90. The van der Waals surface area contributed by atoms with E-state index in [-0.39, 0.29) is 5.78 Å². The SMILES string of the molecule is CC(=O)c1ccnc(Sc2ccccc2C(N)=O)c1. The van der Waals surface area contributed by atoms with Gasteiger partial charge in [0.2, 0.25) is 5.91 Å². The molecule has 0 fully saturated rings. The fourth-order valence-corrected chi connectivity index (χ4v) is 2.51. The zero-order valence-corrected chi connectivity index (χ0v) is 11.1. The fourth-order valence-electron chi connectivity index (χ4n) is 1.56. The Morgan fingerprint density at radius 2 is 1.95 bits per heavy atom. The van der Waals surface area contributed by atoms with E-state index in [1.165, 1.54) is 18.7 Å². The molecule has 96 valence electrons. The van der Waals surface area contributed by atoms with Gasteiger partial charge >= 0.3 is 0 Å². The Kier molecular flexibility index (Phi) is 3.97. The number of carbonyl (C=O) groups is 2. The zero-order valence-electron chi connectivity index (χ0n) is 10.3. The number of carbonyl (C=O) groups excluding carboxylic acids is 2. The van der Waals surface area contributed by atoms with Gasteiger partial charge in [0.15, 0.2) is 5.78 Å². The van der Waals surface area contributed by atoms with Crippen LogP contribution in [0, 0.1) is 0 Å². The maximum atomic E-state index is 11.3. The highest BCUT2D eigenvalue weighted by Gasteiger charge is 2.10. The number of primary amides is 1. The molecule has 19 heavy (non-hydrogen) atoms. The third-order valence-corrected chi connectivity index (χ3v) is 3.52. The molecular weight excluding hydrogens is 260 g/mol. The monoisotopic (exact) mass is 272 g/mol. The van der Waals surface area contributed by atoms with Crippen molar-refractivity contribution >= 4 is 23.5 Å². The van der Waals surface area contributed by atoms with Gasteiger partial charge < -0.3 is 5.73 Å². The lowest BCUT2D eigenvalue weighted by Crippen LogP contribution is -2.11. The highest BCUT2D eigenvalue weighted by Crippen LogP contribution is 2.29. The van der Waals surface area contributed by atoms with Crippen molar-refractivity contribution in [2.24, 2.45) is 5.73 Å². The standard InChI is InChI=1S/C14H12N2O2S/c1-9(17)10-6-7-16-13(8-10)19-12-5-3-2-4-11(12)14(15)18/h2-8H,1H3,(H2,15,18). The number of rotatable bonds is 4. The topological polar surface area (TPSA) is 73.1 Å². The highest BCUT2D eigenvalue weighted by molar-refractivity contribution is 7.99. The van der Waals surface area contributed by atoms with Gasteiger partial charge in [0, 0.05) is 16.7 Å². The number of hydrogen-bond donors (Lipinski definition) is 1. The van der Waals surface area contributed by atoms with Gasteiger partial charge in [0.25, 0.3) is 0 Å². The maximum absolute atomic E-state index is 11.3. The molecule has 0 atom stereocenters. The number of ketones is 1. The lowest BCUT2D eigenvalue weighted by molar-refractivity contribution is 0.0993. The van der Waals surface area contributed by atoms with E-state index in [2.05, 4.69) is 4.98 Å². The first-order valence-electron chi connectivity index (χ1n) is 5.61. The van der Waals surface area contributed by atoms with Crippen LogP contribution in [0.4, 0.5) is 0 Å². The largest absolute Gasteiger partial charge is 0.366 e. The molecule has 0 aliphatic rings. The first-order chi connectivity index (χ1) is 9.08. The second-order valence-corrected chi connectivity index (χ2v) is 4.96. The summed E-state index contributed by atoms with van der Waals surface area (Å²) in [6.45, 7) is 1.50. The Labute approximate surface area is 115 Å². The molecule has 0 spiro atoms. The number of nitrogens with two attached hydrogens (primary N) is 1. The minimum absolute atomic E-state index is 0.0209. The predicted octanol–water partition coefficient (Wildman–Crippen LogP) is 2.53. The van der Waals surface area contributed by atoms with Crippen molar-refractivity contribution in [3.63, 3.8) is 0 Å². The van der Waals surface area contributed by atoms with Crippen LogP contribution in [-0.4, -0.2) is 16.7 Å². The van der Waals surface area contributed by atoms with Gasteiger partial charge in [-0.05, 0) is 31.2 Å². The Morgan fingerprint density at radius 1 is 1.21 bits per heavy atom. The molecule has 1 heterocycles. The summed E-state index contributed by atoms with van der Waals surface area (Å²) >= 11 is 1.31. The molecule has 0 aliphatic heterocycles. The van der Waals surface area contributed by atoms with Crippen LogP contribution < -0.4 is 5.73 Å². The van der Waals surface area contributed by atoms with Gasteiger partial charge in [-0.2, -0.15) is 0 Å². The molecule has 0 saturated heterocycles. The summed E-state index contributed by atoms with van der Waals surface area (Å²) in [5.41, 5.74) is 6.36. The number of Topliss-reactive ketones (excluding diaryl/α,β-unsaturated/α-hetero) is 1. The fraction of sp³-hybridized carbons (Fsp3) is 0.0714. The van der Waals surface area contributed by atoms with Crippen molar-refractivity contribution in [3.8, 4) is 0 Å². The average Bonchev–Trinajstić information content (AvgIpc) is 2.39. The summed E-state index contributed by atoms with van der Waals surface area (Å²) in [5.74, 6) is -0.502. The second kappa shape index (κ2) is 5.67. The first kappa shape index (κ1) is 13.3. The summed E-state index contributed by atoms with van der Waals surface area (Å²) in [7, 11) is 0. The van der Waals surface area contributed by atoms with Crippen LogP contribution in [-0.2, 0) is 0 Å². The van der Waals surface area contributed by atoms with Crippen LogP contribution >= 0.6 is 11.8 Å². The van der Waals surface area contributed by atoms with E-state index >= 15 is 0 Å². The Hall–Kier alpha value is -2.14. The van der Waals surface area contributed by atoms with Crippen LogP contribution in [0.2, 0.25) is 0 Å². The molecule has 0 saturated carbocycles. The third kappa shape index (κ3) is 3.20. The molecule has 5 heteroatoms. The minimum Gasteiger partial charge on any atom is -0.366 e. The molecular formula is C14H12N2O2S. The van der Waals surface area contributed by atoms with Crippen LogP contribution in [0.3, 0.4) is 0 Å². The van der Waals surface area contributed by atoms with Crippen LogP contribution in [0.25, 0.3) is 0 Å². The molecule has 0 aliphatic carbocycles. The van der Waals surface area contributed by atoms with E-state index in [1.54, 1.807) is 36.5 Å². The van der Waals surface area contributed by atoms with Crippen molar-refractivity contribution < 1.29 is 9.59 Å². The average molecular weight is 272 g/mol. The number of pyridine rings is 1. The van der Waals surface area contributed by atoms with Gasteiger partial charge in [0.1, 0.15) is 5.03 Å². The summed E-state index contributed by atoms with van der Waals surface area (Å²) in [6.07, 6.45) is 1.58. The Balaban J connectivity index is 2.34. The van der Waals surface area contributed by atoms with E-state index in [0.717, 1.165) is 4.90 Å². The first-order valence-corrected chi connectivity index (χ1v) is 6.43. The predicted molar refractivity (Wildman–Crippen MR) is 73.3 cm³/mol. The molecule has 1 aromatic carbocycles. The molecule has 0 bridgehead atoms. The van der Waals surface area contributed by atoms with E-state index in [1.807, 2.05) is 6.07 Å². The van der Waals surface area contributed by atoms with Gasteiger partial charge in [-0.25, -0.2) is 4.98 Å². The molecule has 2 N–H and O–H groups in total. The minimum atomic E-state index is -0.481. The van der Waals surface area contributed by atoms with E-state index in [0.29, 0.717) is 16.2 Å². The smallest absolute Gasteiger partial charge is 0.249 e. The van der Waals surface area contributed by atoms with Crippen LogP contribution in [0.5, 0.6) is 0 Å². The van der Waals surface area contributed by atoms with Gasteiger partial charge in [-0.1, -0.05) is 23.9 Å². The highest BCUT2D eigenvalue weighted by atomic mass is 32.2. The number of benzene rings is 1. The summed E-state index contributed by atoms with van der Waals surface area (Å²) in [4.78, 5) is 27.5. The molecule has 2 aromatic rings. The van der Waals surface area contributed by atoms with E-state index < -0.39 is 5.91 Å². The number of nitrogens with zero attached hydrogens (tertiary/aromatic N) is 1. The van der Waals surface area contributed by atoms with Crippen LogP contribution in [0.1, 0.15) is 27.6 Å². The summed E-state index contributed by atoms with van der Waals surface area (Å²) in [5, 5.41) is 0.654. The maximum Gasteiger partial charge on any atom is 0.249 e. The zero-order chi connectivity index (χ0) is 13.8. The van der Waals surface area contributed by atoms with Crippen molar-refractivity contribution in [2.75, 3.05) is 0 Å². The summed E-state index contributed by atoms with van der Waals surface area (Å²) in [6, 6.07) is 10.4. The Morgan fingerprint density at radius 3 is 2.63 bits per heavy atom. The van der Waals surface area contributed by atoms with Gasteiger partial charge in [-0.3, -0.25) is 9.59 Å². The van der Waals surface area contributed by atoms with Crippen molar-refractivity contribution in [1.29, 1.82) is 0 Å². The quantitative estimate of drug-likeness (QED) is 0.868. The normalized spacial score (nSPS) is 10.2. The van der Waals surface area contributed by atoms with Gasteiger partial charge in [-0.15, -0.1) is 0 Å². The molecule has 1 aromatic heterocycles. The Bertz CT molecular complexity index is 641. The lowest BCUT2D eigenvalue weighted by atomic mass is 10.2. The third-order valence-electron chi connectivity index (χ3n) is 2.51. The number of hydrogen-bond acceptors (Lipinski definition) is 4. The van der Waals surface area contributed by atoms with Gasteiger partial charge in [0.05, 0.1) is 5.56 Å². The molecule has 0 unspecified atom stereocenters. The van der Waals surface area contributed by atoms with Crippen molar-refractivity contribution in [2.45, 2.75) is 16.8 Å². The van der Waals surface area contributed by atoms with E-state index in [9.17, 15) is 9.59 Å². The lowest BCUT2D eigenvalue weighted by Gasteiger charge is -2.06. The molecule has 0 radical (unpaired) electrons. The van der Waals surface area contributed by atoms with E-state index in [4.69, 9.17) is 5.73 Å². The molecule has 1 amide bonds. The summed E-state index contributed by atoms with van der Waals surface area (Å²) < 4.78 is 0. The molecule has 4 nitrogen and oxygen atoms in total. The molecule has 2 rings (SSSR count). The number of amides is 1. The van der Waals surface area contributed by atoms with Crippen molar-refractivity contribution in [1.82, 2.24) is 4.98 Å². The van der Waals surface area contributed by atoms with Crippen molar-refractivity contribution in [3.05, 3.63) is 53.7 Å². The van der Waals surface area contributed by atoms with Crippen LogP contribution in [0.15, 0.2) is 52.5 Å². The number of aromatic nitrogens is 1.